The summed E-state index contributed by atoms with van der Waals surface area (Å²) in [6.45, 7) is 0. The molecule has 0 saturated carbocycles. The largest absolute Gasteiger partial charge is 0.508 e. The second-order valence-corrected chi connectivity index (χ2v) is 6.68. The van der Waals surface area contributed by atoms with Crippen LogP contribution >= 0.6 is 0 Å². The highest BCUT2D eigenvalue weighted by molar-refractivity contribution is 7.94. The predicted octanol–water partition coefficient (Wildman–Crippen LogP) is -0.311. The molecule has 0 bridgehead atoms. The molecule has 4 N–H and O–H groups in total. The Hall–Kier alpha value is -1.86. The minimum absolute atomic E-state index is 0.120. The van der Waals surface area contributed by atoms with Crippen LogP contribution in [0, 0.1) is 0 Å². The number of carbonyl (C=O) groups is 1. The molecule has 1 aliphatic heterocycles. The highest BCUT2D eigenvalue weighted by Gasteiger charge is 2.25. The van der Waals surface area contributed by atoms with Gasteiger partial charge < -0.3 is 16.2 Å². The lowest BCUT2D eigenvalue weighted by Crippen LogP contribution is -2.46. The lowest BCUT2D eigenvalue weighted by atomic mass is 10.1. The summed E-state index contributed by atoms with van der Waals surface area (Å²) >= 11 is 0. The van der Waals surface area contributed by atoms with Crippen LogP contribution in [0.15, 0.2) is 35.7 Å². The van der Waals surface area contributed by atoms with E-state index in [0.717, 1.165) is 11.0 Å². The molecule has 20 heavy (non-hydrogen) atoms. The topological polar surface area (TPSA) is 109 Å². The minimum atomic E-state index is -3.19. The summed E-state index contributed by atoms with van der Waals surface area (Å²) in [6.07, 6.45) is 1.76. The predicted molar refractivity (Wildman–Crippen MR) is 74.6 cm³/mol. The van der Waals surface area contributed by atoms with E-state index in [1.54, 1.807) is 12.1 Å². The van der Waals surface area contributed by atoms with E-state index >= 15 is 0 Å². The highest BCUT2D eigenvalue weighted by Crippen LogP contribution is 2.11. The van der Waals surface area contributed by atoms with Crippen molar-refractivity contribution in [2.24, 2.45) is 5.73 Å². The summed E-state index contributed by atoms with van der Waals surface area (Å²) in [5.74, 6) is -0.372. The van der Waals surface area contributed by atoms with Gasteiger partial charge in [-0.05, 0) is 30.2 Å². The van der Waals surface area contributed by atoms with Gasteiger partial charge in [0.05, 0.1) is 17.8 Å². The van der Waals surface area contributed by atoms with Crippen molar-refractivity contribution in [1.82, 2.24) is 5.32 Å². The third kappa shape index (κ3) is 3.82. The van der Waals surface area contributed by atoms with Crippen LogP contribution in [0.4, 0.5) is 0 Å². The van der Waals surface area contributed by atoms with Gasteiger partial charge in [-0.2, -0.15) is 0 Å². The Balaban J connectivity index is 1.89. The summed E-state index contributed by atoms with van der Waals surface area (Å²) in [7, 11) is -3.19. The van der Waals surface area contributed by atoms with Gasteiger partial charge in [0, 0.05) is 5.41 Å². The zero-order chi connectivity index (χ0) is 14.8. The van der Waals surface area contributed by atoms with Crippen molar-refractivity contribution in [2.75, 3.05) is 5.75 Å². The maximum absolute atomic E-state index is 11.9. The number of nitrogens with one attached hydrogen (secondary N) is 1. The third-order valence-corrected chi connectivity index (χ3v) is 4.38. The van der Waals surface area contributed by atoms with Gasteiger partial charge in [0.2, 0.25) is 5.91 Å². The van der Waals surface area contributed by atoms with E-state index in [1.165, 1.54) is 18.2 Å². The monoisotopic (exact) mass is 296 g/mol. The number of aromatic hydroxyl groups is 1. The molecular formula is C13H16N2O4S. The second-order valence-electron chi connectivity index (χ2n) is 4.75. The molecule has 1 heterocycles. The van der Waals surface area contributed by atoms with E-state index in [1.807, 2.05) is 0 Å². The molecule has 0 fully saturated rings. The summed E-state index contributed by atoms with van der Waals surface area (Å²) in [5, 5.41) is 12.9. The van der Waals surface area contributed by atoms with Crippen molar-refractivity contribution in [3.05, 3.63) is 41.3 Å². The Morgan fingerprint density at radius 1 is 1.40 bits per heavy atom. The second kappa shape index (κ2) is 5.64. The van der Waals surface area contributed by atoms with Crippen molar-refractivity contribution in [1.29, 1.82) is 0 Å². The van der Waals surface area contributed by atoms with Gasteiger partial charge in [0.25, 0.3) is 0 Å². The average molecular weight is 296 g/mol. The Morgan fingerprint density at radius 2 is 2.05 bits per heavy atom. The van der Waals surface area contributed by atoms with Crippen LogP contribution in [-0.2, 0) is 21.1 Å². The van der Waals surface area contributed by atoms with Crippen LogP contribution in [0.5, 0.6) is 5.75 Å². The van der Waals surface area contributed by atoms with Crippen LogP contribution in [0.3, 0.4) is 0 Å². The van der Waals surface area contributed by atoms with E-state index in [0.29, 0.717) is 6.42 Å². The van der Waals surface area contributed by atoms with Gasteiger partial charge in [-0.15, -0.1) is 0 Å². The molecule has 108 valence electrons. The van der Waals surface area contributed by atoms with Crippen LogP contribution < -0.4 is 11.1 Å². The van der Waals surface area contributed by atoms with E-state index in [2.05, 4.69) is 5.32 Å². The fourth-order valence-corrected chi connectivity index (χ4v) is 3.17. The molecule has 0 aromatic heterocycles. The lowest BCUT2D eigenvalue weighted by Gasteiger charge is -2.15. The van der Waals surface area contributed by atoms with Crippen molar-refractivity contribution in [2.45, 2.75) is 18.5 Å². The summed E-state index contributed by atoms with van der Waals surface area (Å²) in [6, 6.07) is 5.12. The third-order valence-electron chi connectivity index (χ3n) is 2.99. The Kier molecular flexibility index (Phi) is 4.10. The molecule has 7 heteroatoms. The summed E-state index contributed by atoms with van der Waals surface area (Å²) in [4.78, 5) is 11.9. The van der Waals surface area contributed by atoms with E-state index in [9.17, 15) is 13.2 Å². The number of hydrogen-bond acceptors (Lipinski definition) is 5. The molecule has 1 aliphatic rings. The fraction of sp³-hybridized carbons (Fsp3) is 0.308. The number of amides is 1. The first-order chi connectivity index (χ1) is 9.35. The van der Waals surface area contributed by atoms with Crippen molar-refractivity contribution in [3.8, 4) is 5.75 Å². The fourth-order valence-electron chi connectivity index (χ4n) is 1.93. The molecule has 2 unspecified atom stereocenters. The van der Waals surface area contributed by atoms with Crippen LogP contribution in [0.2, 0.25) is 0 Å². The van der Waals surface area contributed by atoms with Gasteiger partial charge in [-0.3, -0.25) is 4.79 Å². The molecule has 0 spiro atoms. The van der Waals surface area contributed by atoms with Gasteiger partial charge in [-0.25, -0.2) is 8.42 Å². The van der Waals surface area contributed by atoms with Gasteiger partial charge >= 0.3 is 0 Å². The highest BCUT2D eigenvalue weighted by atomic mass is 32.2. The Morgan fingerprint density at radius 3 is 2.60 bits per heavy atom. The quantitative estimate of drug-likeness (QED) is 0.706. The maximum atomic E-state index is 11.9. The molecule has 0 radical (unpaired) electrons. The number of benzene rings is 1. The Bertz CT molecular complexity index is 622. The first-order valence-electron chi connectivity index (χ1n) is 6.10. The standard InChI is InChI=1S/C13H16N2O4S/c14-12(7-9-1-3-11(16)4-2-9)13(17)15-10-5-6-20(18,19)8-10/h1-6,10,12,16H,7-8,14H2,(H,15,17). The molecule has 2 atom stereocenters. The Labute approximate surface area is 117 Å². The number of carbonyl (C=O) groups excluding carboxylic acids is 1. The first kappa shape index (κ1) is 14.5. The number of hydrogen-bond donors (Lipinski definition) is 3. The summed E-state index contributed by atoms with van der Waals surface area (Å²) in [5.41, 5.74) is 6.60. The molecule has 6 nitrogen and oxygen atoms in total. The van der Waals surface area contributed by atoms with E-state index in [4.69, 9.17) is 10.8 Å². The molecule has 0 aliphatic carbocycles. The average Bonchev–Trinajstić information content (AvgIpc) is 2.71. The SMILES string of the molecule is NC(Cc1ccc(O)cc1)C(=O)NC1C=CS(=O)(=O)C1. The molecule has 1 aromatic carbocycles. The molecule has 1 amide bonds. The van der Waals surface area contributed by atoms with Gasteiger partial charge in [0.1, 0.15) is 5.75 Å². The number of rotatable bonds is 4. The molecule has 0 saturated heterocycles. The van der Waals surface area contributed by atoms with E-state index in [-0.39, 0.29) is 11.5 Å². The number of phenolic OH excluding ortho intramolecular Hbond substituents is 1. The molecule has 2 rings (SSSR count). The lowest BCUT2D eigenvalue weighted by molar-refractivity contribution is -0.122. The van der Waals surface area contributed by atoms with Crippen LogP contribution in [0.25, 0.3) is 0 Å². The number of sulfone groups is 1. The normalized spacial score (nSPS) is 21.6. The smallest absolute Gasteiger partial charge is 0.237 e. The van der Waals surface area contributed by atoms with Crippen molar-refractivity contribution in [3.63, 3.8) is 0 Å². The van der Waals surface area contributed by atoms with Crippen LogP contribution in [-0.4, -0.2) is 37.3 Å². The van der Waals surface area contributed by atoms with Crippen LogP contribution in [0.1, 0.15) is 5.56 Å². The zero-order valence-electron chi connectivity index (χ0n) is 10.7. The van der Waals surface area contributed by atoms with Gasteiger partial charge in [0.15, 0.2) is 9.84 Å². The summed E-state index contributed by atoms with van der Waals surface area (Å²) < 4.78 is 22.4. The maximum Gasteiger partial charge on any atom is 0.237 e. The molecule has 1 aromatic rings. The number of nitrogens with two attached hydrogens (primary N) is 1. The van der Waals surface area contributed by atoms with Crippen molar-refractivity contribution >= 4 is 15.7 Å². The van der Waals surface area contributed by atoms with Gasteiger partial charge in [-0.1, -0.05) is 12.1 Å². The van der Waals surface area contributed by atoms with E-state index < -0.39 is 27.8 Å². The van der Waals surface area contributed by atoms with Crippen molar-refractivity contribution < 1.29 is 18.3 Å². The molecular weight excluding hydrogens is 280 g/mol. The number of phenols is 1. The zero-order valence-corrected chi connectivity index (χ0v) is 11.5. The first-order valence-corrected chi connectivity index (χ1v) is 7.82. The minimum Gasteiger partial charge on any atom is -0.508 e.